The van der Waals surface area contributed by atoms with Crippen LogP contribution in [0, 0.1) is 17.8 Å². The van der Waals surface area contributed by atoms with Crippen molar-refractivity contribution < 1.29 is 9.90 Å². The molecule has 114 valence electrons. The van der Waals surface area contributed by atoms with Crippen LogP contribution in [0.3, 0.4) is 0 Å². The molecule has 0 aromatic heterocycles. The lowest BCUT2D eigenvalue weighted by molar-refractivity contribution is -0.130. The van der Waals surface area contributed by atoms with Gasteiger partial charge in [0.05, 0.1) is 6.61 Å². The molecule has 0 aliphatic heterocycles. The van der Waals surface area contributed by atoms with Crippen LogP contribution in [0.15, 0.2) is 24.3 Å². The highest BCUT2D eigenvalue weighted by atomic mass is 16.2. The normalized spacial score (nSPS) is 10.1. The largest absolute Gasteiger partial charge is 0.395 e. The average Bonchev–Trinajstić information content (AvgIpc) is 2.46. The number of rotatable bonds is 6. The van der Waals surface area contributed by atoms with E-state index in [0.29, 0.717) is 25.3 Å². The van der Waals surface area contributed by atoms with E-state index in [4.69, 9.17) is 5.11 Å². The summed E-state index contributed by atoms with van der Waals surface area (Å²) in [6.45, 7) is 4.98. The number of hydrogen-bond acceptors (Lipinski definition) is 2. The summed E-state index contributed by atoms with van der Waals surface area (Å²) in [5, 5.41) is 8.68. The number of hydrogen-bond donors (Lipinski definition) is 1. The molecule has 1 rings (SSSR count). The Morgan fingerprint density at radius 2 is 1.95 bits per heavy atom. The van der Waals surface area contributed by atoms with Crippen molar-refractivity contribution in [3.05, 3.63) is 35.4 Å². The summed E-state index contributed by atoms with van der Waals surface area (Å²) in [4.78, 5) is 13.7. The fourth-order valence-electron chi connectivity index (χ4n) is 1.88. The molecule has 0 spiro atoms. The first-order chi connectivity index (χ1) is 10.0. The van der Waals surface area contributed by atoms with Gasteiger partial charge in [-0.3, -0.25) is 4.79 Å². The van der Waals surface area contributed by atoms with Gasteiger partial charge in [-0.05, 0) is 30.0 Å². The number of carbonyl (C=O) groups is 1. The number of carbonyl (C=O) groups excluding carboxylic acids is 1. The second-order valence-corrected chi connectivity index (χ2v) is 5.65. The van der Waals surface area contributed by atoms with E-state index in [-0.39, 0.29) is 12.5 Å². The average molecular weight is 287 g/mol. The SMILES string of the molecule is CC(C)CCC(=O)N(C)Cc1ccc(C#CCCO)cc1. The Hall–Kier alpha value is -1.79. The highest BCUT2D eigenvalue weighted by Crippen LogP contribution is 2.10. The van der Waals surface area contributed by atoms with Crippen LogP contribution < -0.4 is 0 Å². The van der Waals surface area contributed by atoms with Gasteiger partial charge in [0.25, 0.3) is 0 Å². The molecule has 3 nitrogen and oxygen atoms in total. The molecule has 0 fully saturated rings. The Kier molecular flexibility index (Phi) is 7.56. The second kappa shape index (κ2) is 9.20. The van der Waals surface area contributed by atoms with Crippen LogP contribution in [-0.2, 0) is 11.3 Å². The van der Waals surface area contributed by atoms with E-state index in [0.717, 1.165) is 17.5 Å². The molecule has 0 radical (unpaired) electrons. The number of aliphatic hydroxyl groups is 1. The van der Waals surface area contributed by atoms with Crippen molar-refractivity contribution in [1.29, 1.82) is 0 Å². The number of aliphatic hydroxyl groups excluding tert-OH is 1. The first kappa shape index (κ1) is 17.3. The maximum Gasteiger partial charge on any atom is 0.222 e. The Balaban J connectivity index is 2.51. The number of nitrogens with zero attached hydrogens (tertiary/aromatic N) is 1. The molecule has 21 heavy (non-hydrogen) atoms. The van der Waals surface area contributed by atoms with Crippen LogP contribution in [0.25, 0.3) is 0 Å². The second-order valence-electron chi connectivity index (χ2n) is 5.65. The van der Waals surface area contributed by atoms with Gasteiger partial charge in [-0.15, -0.1) is 0 Å². The van der Waals surface area contributed by atoms with Crippen LogP contribution in [0.1, 0.15) is 44.2 Å². The van der Waals surface area contributed by atoms with Gasteiger partial charge in [-0.25, -0.2) is 0 Å². The van der Waals surface area contributed by atoms with Crippen LogP contribution in [-0.4, -0.2) is 29.6 Å². The zero-order valence-corrected chi connectivity index (χ0v) is 13.2. The van der Waals surface area contributed by atoms with Crippen LogP contribution in [0.5, 0.6) is 0 Å². The molecular formula is C18H25NO2. The third-order valence-electron chi connectivity index (χ3n) is 3.20. The lowest BCUT2D eigenvalue weighted by Crippen LogP contribution is -2.26. The minimum absolute atomic E-state index is 0.0916. The Morgan fingerprint density at radius 1 is 1.29 bits per heavy atom. The van der Waals surface area contributed by atoms with Crippen LogP contribution in [0.4, 0.5) is 0 Å². The summed E-state index contributed by atoms with van der Waals surface area (Å²) in [5.74, 6) is 6.63. The molecule has 1 aromatic rings. The van der Waals surface area contributed by atoms with Gasteiger partial charge in [0.15, 0.2) is 0 Å². The molecular weight excluding hydrogens is 262 g/mol. The minimum Gasteiger partial charge on any atom is -0.395 e. The number of benzene rings is 1. The lowest BCUT2D eigenvalue weighted by Gasteiger charge is -2.18. The smallest absolute Gasteiger partial charge is 0.222 e. The van der Waals surface area contributed by atoms with Gasteiger partial charge >= 0.3 is 0 Å². The molecule has 1 amide bonds. The molecule has 0 bridgehead atoms. The molecule has 1 N–H and O–H groups in total. The van der Waals surface area contributed by atoms with E-state index >= 15 is 0 Å². The van der Waals surface area contributed by atoms with Crippen molar-refractivity contribution in [2.45, 2.75) is 39.7 Å². The maximum absolute atomic E-state index is 12.0. The Labute approximate surface area is 128 Å². The molecule has 0 saturated heterocycles. The van der Waals surface area contributed by atoms with E-state index in [1.165, 1.54) is 0 Å². The van der Waals surface area contributed by atoms with Crippen molar-refractivity contribution in [2.75, 3.05) is 13.7 Å². The van der Waals surface area contributed by atoms with E-state index in [9.17, 15) is 4.79 Å². The lowest BCUT2D eigenvalue weighted by atomic mass is 10.1. The van der Waals surface area contributed by atoms with Gasteiger partial charge in [-0.2, -0.15) is 0 Å². The van der Waals surface area contributed by atoms with E-state index in [1.807, 2.05) is 31.3 Å². The van der Waals surface area contributed by atoms with Crippen molar-refractivity contribution in [1.82, 2.24) is 4.90 Å². The van der Waals surface area contributed by atoms with Crippen LogP contribution >= 0.6 is 0 Å². The van der Waals surface area contributed by atoms with Gasteiger partial charge in [0.2, 0.25) is 5.91 Å². The zero-order valence-electron chi connectivity index (χ0n) is 13.2. The molecule has 1 aromatic carbocycles. The van der Waals surface area contributed by atoms with Crippen molar-refractivity contribution in [3.8, 4) is 11.8 Å². The monoisotopic (exact) mass is 287 g/mol. The molecule has 0 unspecified atom stereocenters. The highest BCUT2D eigenvalue weighted by Gasteiger charge is 2.09. The fourth-order valence-corrected chi connectivity index (χ4v) is 1.88. The van der Waals surface area contributed by atoms with Crippen molar-refractivity contribution >= 4 is 5.91 Å². The van der Waals surface area contributed by atoms with Gasteiger partial charge < -0.3 is 10.0 Å². The third-order valence-corrected chi connectivity index (χ3v) is 3.20. The fraction of sp³-hybridized carbons (Fsp3) is 0.500. The van der Waals surface area contributed by atoms with Crippen molar-refractivity contribution in [3.63, 3.8) is 0 Å². The predicted molar refractivity (Wildman–Crippen MR) is 85.6 cm³/mol. The summed E-state index contributed by atoms with van der Waals surface area (Å²) in [7, 11) is 1.84. The van der Waals surface area contributed by atoms with Gasteiger partial charge in [0, 0.05) is 32.0 Å². The quantitative estimate of drug-likeness (QED) is 0.817. The topological polar surface area (TPSA) is 40.5 Å². The standard InChI is InChI=1S/C18H25NO2/c1-15(2)7-12-18(21)19(3)14-17-10-8-16(9-11-17)6-4-5-13-20/h8-11,15,20H,5,7,12-14H2,1-3H3. The van der Waals surface area contributed by atoms with E-state index < -0.39 is 0 Å². The van der Waals surface area contributed by atoms with Crippen molar-refractivity contribution in [2.24, 2.45) is 5.92 Å². The molecule has 3 heteroatoms. The minimum atomic E-state index is 0.0916. The molecule has 0 heterocycles. The maximum atomic E-state index is 12.0. The molecule has 0 aliphatic rings. The third kappa shape index (κ3) is 6.97. The summed E-state index contributed by atoms with van der Waals surface area (Å²) < 4.78 is 0. The summed E-state index contributed by atoms with van der Waals surface area (Å²) >= 11 is 0. The zero-order chi connectivity index (χ0) is 15.7. The first-order valence-corrected chi connectivity index (χ1v) is 7.45. The summed E-state index contributed by atoms with van der Waals surface area (Å²) in [5.41, 5.74) is 2.03. The van der Waals surface area contributed by atoms with E-state index in [2.05, 4.69) is 25.7 Å². The summed E-state index contributed by atoms with van der Waals surface area (Å²) in [6.07, 6.45) is 2.04. The van der Waals surface area contributed by atoms with Gasteiger partial charge in [-0.1, -0.05) is 37.8 Å². The molecule has 0 atom stereocenters. The van der Waals surface area contributed by atoms with E-state index in [1.54, 1.807) is 4.90 Å². The Bertz CT molecular complexity index is 494. The highest BCUT2D eigenvalue weighted by molar-refractivity contribution is 5.75. The molecule has 0 aliphatic carbocycles. The van der Waals surface area contributed by atoms with Crippen LogP contribution in [0.2, 0.25) is 0 Å². The van der Waals surface area contributed by atoms with Gasteiger partial charge in [0.1, 0.15) is 0 Å². The summed E-state index contributed by atoms with van der Waals surface area (Å²) in [6, 6.07) is 7.89. The first-order valence-electron chi connectivity index (χ1n) is 7.45. The molecule has 0 saturated carbocycles. The Morgan fingerprint density at radius 3 is 2.52 bits per heavy atom. The predicted octanol–water partition coefficient (Wildman–Crippen LogP) is 2.82. The number of amides is 1.